The van der Waals surface area contributed by atoms with E-state index in [4.69, 9.17) is 20.1 Å². The van der Waals surface area contributed by atoms with Crippen molar-refractivity contribution in [3.05, 3.63) is 0 Å². The first-order valence-electron chi connectivity index (χ1n) is 6.78. The van der Waals surface area contributed by atoms with E-state index in [1.165, 1.54) is 25.7 Å². The second-order valence-electron chi connectivity index (χ2n) is 4.46. The average Bonchev–Trinajstić information content (AvgIpc) is 2.35. The van der Waals surface area contributed by atoms with Gasteiger partial charge in [0.1, 0.15) is 6.10 Å². The highest BCUT2D eigenvalue weighted by Gasteiger charge is 2.00. The summed E-state index contributed by atoms with van der Waals surface area (Å²) in [6.07, 6.45) is 8.48. The van der Waals surface area contributed by atoms with Gasteiger partial charge in [-0.3, -0.25) is 0 Å². The van der Waals surface area contributed by atoms with E-state index in [0.29, 0.717) is 13.2 Å². The summed E-state index contributed by atoms with van der Waals surface area (Å²) < 4.78 is 5.21. The van der Waals surface area contributed by atoms with Crippen LogP contribution in [0.5, 0.6) is 0 Å². The summed E-state index contributed by atoms with van der Waals surface area (Å²) in [4.78, 5) is 0. The Bertz CT molecular complexity index is 141. The quantitative estimate of drug-likeness (QED) is 0.432. The molecule has 0 aliphatic carbocycles. The Labute approximate surface area is 105 Å². The van der Waals surface area contributed by atoms with Crippen molar-refractivity contribution in [2.24, 2.45) is 0 Å². The summed E-state index contributed by atoms with van der Waals surface area (Å²) >= 11 is 0. The summed E-state index contributed by atoms with van der Waals surface area (Å²) in [7, 11) is 0. The number of hydrogen-bond donors (Lipinski definition) is 3. The van der Waals surface area contributed by atoms with Crippen molar-refractivity contribution in [2.45, 2.75) is 57.5 Å². The first kappa shape index (κ1) is 16.8. The number of aliphatic hydroxyl groups is 3. The molecular formula is C13H28O4. The summed E-state index contributed by atoms with van der Waals surface area (Å²) in [6.45, 7) is 0.990. The van der Waals surface area contributed by atoms with Gasteiger partial charge in [0, 0.05) is 13.2 Å². The van der Waals surface area contributed by atoms with E-state index in [-0.39, 0.29) is 13.2 Å². The molecule has 0 aromatic carbocycles. The number of hydrogen-bond acceptors (Lipinski definition) is 4. The predicted octanol–water partition coefficient (Wildman–Crippen LogP) is 1.47. The third kappa shape index (κ3) is 13.8. The SMILES string of the molecule is OCCCCCCCCCCOCC(O)CO. The predicted molar refractivity (Wildman–Crippen MR) is 67.9 cm³/mol. The van der Waals surface area contributed by atoms with E-state index < -0.39 is 6.10 Å². The second-order valence-corrected chi connectivity index (χ2v) is 4.46. The summed E-state index contributed by atoms with van der Waals surface area (Å²) in [6, 6.07) is 0. The minimum atomic E-state index is -0.735. The zero-order chi connectivity index (χ0) is 12.8. The van der Waals surface area contributed by atoms with Crippen LogP contribution < -0.4 is 0 Å². The van der Waals surface area contributed by atoms with Crippen LogP contribution in [0.1, 0.15) is 51.4 Å². The van der Waals surface area contributed by atoms with Gasteiger partial charge in [0.05, 0.1) is 13.2 Å². The maximum absolute atomic E-state index is 9.01. The molecule has 0 saturated heterocycles. The van der Waals surface area contributed by atoms with Gasteiger partial charge in [0.15, 0.2) is 0 Å². The first-order chi connectivity index (χ1) is 8.31. The molecule has 0 aromatic rings. The van der Waals surface area contributed by atoms with E-state index >= 15 is 0 Å². The molecule has 4 heteroatoms. The number of unbranched alkanes of at least 4 members (excludes halogenated alkanes) is 7. The molecule has 0 radical (unpaired) electrons. The molecule has 104 valence electrons. The average molecular weight is 248 g/mol. The van der Waals surface area contributed by atoms with Gasteiger partial charge in [-0.15, -0.1) is 0 Å². The molecule has 17 heavy (non-hydrogen) atoms. The monoisotopic (exact) mass is 248 g/mol. The lowest BCUT2D eigenvalue weighted by Gasteiger charge is -2.07. The van der Waals surface area contributed by atoms with Gasteiger partial charge >= 0.3 is 0 Å². The van der Waals surface area contributed by atoms with E-state index in [1.807, 2.05) is 0 Å². The van der Waals surface area contributed by atoms with E-state index in [2.05, 4.69) is 0 Å². The molecule has 0 spiro atoms. The third-order valence-electron chi connectivity index (χ3n) is 2.72. The lowest BCUT2D eigenvalue weighted by atomic mass is 10.1. The molecule has 4 nitrogen and oxygen atoms in total. The van der Waals surface area contributed by atoms with Crippen LogP contribution in [0.2, 0.25) is 0 Å². The minimum absolute atomic E-state index is 0.228. The maximum atomic E-state index is 9.01. The fraction of sp³-hybridized carbons (Fsp3) is 1.00. The van der Waals surface area contributed by atoms with Gasteiger partial charge in [-0.2, -0.15) is 0 Å². The highest BCUT2D eigenvalue weighted by atomic mass is 16.5. The lowest BCUT2D eigenvalue weighted by Crippen LogP contribution is -2.19. The minimum Gasteiger partial charge on any atom is -0.396 e. The summed E-state index contributed by atoms with van der Waals surface area (Å²) in [5, 5.41) is 26.2. The fourth-order valence-electron chi connectivity index (χ4n) is 1.65. The third-order valence-corrected chi connectivity index (χ3v) is 2.72. The largest absolute Gasteiger partial charge is 0.396 e. The highest BCUT2D eigenvalue weighted by Crippen LogP contribution is 2.08. The molecule has 1 unspecified atom stereocenters. The highest BCUT2D eigenvalue weighted by molar-refractivity contribution is 4.50. The molecular weight excluding hydrogens is 220 g/mol. The van der Waals surface area contributed by atoms with Crippen molar-refractivity contribution in [1.82, 2.24) is 0 Å². The Hall–Kier alpha value is -0.160. The van der Waals surface area contributed by atoms with E-state index in [0.717, 1.165) is 25.7 Å². The zero-order valence-corrected chi connectivity index (χ0v) is 10.8. The van der Waals surface area contributed by atoms with Gasteiger partial charge in [-0.05, 0) is 12.8 Å². The normalized spacial score (nSPS) is 12.9. The van der Waals surface area contributed by atoms with E-state index in [1.54, 1.807) is 0 Å². The van der Waals surface area contributed by atoms with Crippen LogP contribution in [-0.4, -0.2) is 47.9 Å². The van der Waals surface area contributed by atoms with Crippen molar-refractivity contribution < 1.29 is 20.1 Å². The molecule has 1 atom stereocenters. The van der Waals surface area contributed by atoms with Gasteiger partial charge < -0.3 is 20.1 Å². The smallest absolute Gasteiger partial charge is 0.100 e. The molecule has 3 N–H and O–H groups in total. The maximum Gasteiger partial charge on any atom is 0.100 e. The van der Waals surface area contributed by atoms with Crippen LogP contribution in [0.4, 0.5) is 0 Å². The van der Waals surface area contributed by atoms with E-state index in [9.17, 15) is 0 Å². The number of rotatable bonds is 13. The number of ether oxygens (including phenoxy) is 1. The fourth-order valence-corrected chi connectivity index (χ4v) is 1.65. The van der Waals surface area contributed by atoms with Crippen LogP contribution in [-0.2, 0) is 4.74 Å². The van der Waals surface area contributed by atoms with Crippen LogP contribution in [0.25, 0.3) is 0 Å². The molecule has 0 rings (SSSR count). The summed E-state index contributed by atoms with van der Waals surface area (Å²) in [5.74, 6) is 0. The van der Waals surface area contributed by atoms with Gasteiger partial charge in [0.25, 0.3) is 0 Å². The second kappa shape index (κ2) is 13.9. The van der Waals surface area contributed by atoms with Crippen LogP contribution in [0, 0.1) is 0 Å². The first-order valence-corrected chi connectivity index (χ1v) is 6.78. The Morgan fingerprint density at radius 3 is 1.82 bits per heavy atom. The van der Waals surface area contributed by atoms with Crippen molar-refractivity contribution in [3.8, 4) is 0 Å². The topological polar surface area (TPSA) is 69.9 Å². The molecule has 0 bridgehead atoms. The van der Waals surface area contributed by atoms with Gasteiger partial charge in [-0.1, -0.05) is 38.5 Å². The molecule has 0 aliphatic rings. The van der Waals surface area contributed by atoms with Crippen molar-refractivity contribution >= 4 is 0 Å². The van der Waals surface area contributed by atoms with Gasteiger partial charge in [0.2, 0.25) is 0 Å². The zero-order valence-electron chi connectivity index (χ0n) is 10.8. The molecule has 0 aliphatic heterocycles. The molecule has 0 saturated carbocycles. The van der Waals surface area contributed by atoms with Crippen molar-refractivity contribution in [1.29, 1.82) is 0 Å². The molecule has 0 heterocycles. The summed E-state index contributed by atoms with van der Waals surface area (Å²) in [5.41, 5.74) is 0. The standard InChI is InChI=1S/C13H28O4/c14-9-7-5-3-1-2-4-6-8-10-17-12-13(16)11-15/h13-16H,1-12H2. The van der Waals surface area contributed by atoms with Crippen LogP contribution in [0.15, 0.2) is 0 Å². The van der Waals surface area contributed by atoms with Crippen LogP contribution >= 0.6 is 0 Å². The molecule has 0 amide bonds. The number of aliphatic hydroxyl groups excluding tert-OH is 3. The Balaban J connectivity index is 2.94. The Morgan fingerprint density at radius 1 is 0.765 bits per heavy atom. The van der Waals surface area contributed by atoms with Crippen molar-refractivity contribution in [3.63, 3.8) is 0 Å². The van der Waals surface area contributed by atoms with Crippen LogP contribution in [0.3, 0.4) is 0 Å². The molecule has 0 aromatic heterocycles. The van der Waals surface area contributed by atoms with Gasteiger partial charge in [-0.25, -0.2) is 0 Å². The van der Waals surface area contributed by atoms with Crippen molar-refractivity contribution in [2.75, 3.05) is 26.4 Å². The Morgan fingerprint density at radius 2 is 1.29 bits per heavy atom. The molecule has 0 fully saturated rings. The lowest BCUT2D eigenvalue weighted by molar-refractivity contribution is 0.00526. The Kier molecular flexibility index (Phi) is 13.8.